The van der Waals surface area contributed by atoms with Gasteiger partial charge >= 0.3 is 0 Å². The van der Waals surface area contributed by atoms with Crippen LogP contribution in [0.4, 0.5) is 4.39 Å². The molecule has 1 aromatic carbocycles. The molecule has 1 heterocycles. The van der Waals surface area contributed by atoms with Crippen molar-refractivity contribution in [2.75, 3.05) is 23.8 Å². The summed E-state index contributed by atoms with van der Waals surface area (Å²) in [5.41, 5.74) is 0. The molecule has 0 radical (unpaired) electrons. The first-order valence-electron chi connectivity index (χ1n) is 6.30. The number of thioether (sulfide) groups is 1. The van der Waals surface area contributed by atoms with Gasteiger partial charge in [0.2, 0.25) is 5.91 Å². The lowest BCUT2D eigenvalue weighted by Gasteiger charge is -2.09. The second-order valence-electron chi connectivity index (χ2n) is 4.82. The molecule has 1 fully saturated rings. The Labute approximate surface area is 122 Å². The Morgan fingerprint density at radius 1 is 1.35 bits per heavy atom. The summed E-state index contributed by atoms with van der Waals surface area (Å²) >= 11 is 1.32. The molecule has 0 saturated carbocycles. The molecule has 1 amide bonds. The first-order valence-corrected chi connectivity index (χ1v) is 9.11. The lowest BCUT2D eigenvalue weighted by molar-refractivity contribution is -0.118. The van der Waals surface area contributed by atoms with Crippen LogP contribution in [0.25, 0.3) is 0 Å². The van der Waals surface area contributed by atoms with Crippen LogP contribution in [0.15, 0.2) is 29.2 Å². The molecule has 1 N–H and O–H groups in total. The molecule has 1 aromatic rings. The summed E-state index contributed by atoms with van der Waals surface area (Å²) in [7, 11) is -2.89. The number of amides is 1. The smallest absolute Gasteiger partial charge is 0.230 e. The van der Waals surface area contributed by atoms with Crippen molar-refractivity contribution in [3.63, 3.8) is 0 Å². The highest BCUT2D eigenvalue weighted by molar-refractivity contribution is 8.00. The van der Waals surface area contributed by atoms with Crippen molar-refractivity contribution in [3.05, 3.63) is 30.1 Å². The van der Waals surface area contributed by atoms with Crippen LogP contribution in [0.1, 0.15) is 6.42 Å². The van der Waals surface area contributed by atoms with Crippen LogP contribution in [-0.4, -0.2) is 38.1 Å². The third kappa shape index (κ3) is 4.79. The van der Waals surface area contributed by atoms with Crippen molar-refractivity contribution in [1.82, 2.24) is 5.32 Å². The number of benzene rings is 1. The maximum Gasteiger partial charge on any atom is 0.230 e. The summed E-state index contributed by atoms with van der Waals surface area (Å²) in [6.45, 7) is 0.405. The molecule has 4 nitrogen and oxygen atoms in total. The second-order valence-corrected chi connectivity index (χ2v) is 8.09. The number of halogens is 1. The van der Waals surface area contributed by atoms with E-state index in [1.807, 2.05) is 0 Å². The van der Waals surface area contributed by atoms with Gasteiger partial charge in [-0.25, -0.2) is 12.8 Å². The molecule has 1 aliphatic rings. The minimum atomic E-state index is -2.89. The largest absolute Gasteiger partial charge is 0.355 e. The van der Waals surface area contributed by atoms with E-state index in [1.165, 1.54) is 23.9 Å². The van der Waals surface area contributed by atoms with Gasteiger partial charge in [0.15, 0.2) is 9.84 Å². The minimum Gasteiger partial charge on any atom is -0.355 e. The molecule has 1 atom stereocenters. The van der Waals surface area contributed by atoms with E-state index in [4.69, 9.17) is 0 Å². The number of hydrogen-bond acceptors (Lipinski definition) is 4. The van der Waals surface area contributed by atoms with Gasteiger partial charge in [0.1, 0.15) is 5.82 Å². The van der Waals surface area contributed by atoms with E-state index in [1.54, 1.807) is 12.1 Å². The third-order valence-corrected chi connectivity index (χ3v) is 5.95. The van der Waals surface area contributed by atoms with Crippen molar-refractivity contribution in [2.45, 2.75) is 11.3 Å². The van der Waals surface area contributed by atoms with Crippen molar-refractivity contribution in [1.29, 1.82) is 0 Å². The SMILES string of the molecule is O=C(CSc1ccc(F)cc1)NC[C@@H]1CCS(=O)(=O)C1. The topological polar surface area (TPSA) is 63.2 Å². The molecule has 0 aliphatic carbocycles. The Balaban J connectivity index is 1.69. The number of rotatable bonds is 5. The van der Waals surface area contributed by atoms with Gasteiger partial charge in [-0.05, 0) is 36.6 Å². The van der Waals surface area contributed by atoms with Gasteiger partial charge in [-0.3, -0.25) is 4.79 Å². The first kappa shape index (κ1) is 15.3. The summed E-state index contributed by atoms with van der Waals surface area (Å²) in [6, 6.07) is 5.95. The van der Waals surface area contributed by atoms with E-state index in [9.17, 15) is 17.6 Å². The zero-order valence-electron chi connectivity index (χ0n) is 10.8. The van der Waals surface area contributed by atoms with Crippen molar-refractivity contribution in [3.8, 4) is 0 Å². The van der Waals surface area contributed by atoms with Gasteiger partial charge in [0.05, 0.1) is 17.3 Å². The third-order valence-electron chi connectivity index (χ3n) is 3.10. The summed E-state index contributed by atoms with van der Waals surface area (Å²) in [4.78, 5) is 12.5. The predicted molar refractivity (Wildman–Crippen MR) is 76.9 cm³/mol. The van der Waals surface area contributed by atoms with E-state index in [-0.39, 0.29) is 34.9 Å². The molecule has 110 valence electrons. The molecule has 7 heteroatoms. The van der Waals surface area contributed by atoms with Gasteiger partial charge in [-0.1, -0.05) is 0 Å². The van der Waals surface area contributed by atoms with Crippen LogP contribution in [0.3, 0.4) is 0 Å². The normalized spacial score (nSPS) is 20.8. The predicted octanol–water partition coefficient (Wildman–Crippen LogP) is 1.47. The molecule has 0 aromatic heterocycles. The summed E-state index contributed by atoms with van der Waals surface area (Å²) in [5, 5.41) is 2.75. The van der Waals surface area contributed by atoms with E-state index < -0.39 is 9.84 Å². The number of hydrogen-bond donors (Lipinski definition) is 1. The van der Waals surface area contributed by atoms with Crippen molar-refractivity contribution >= 4 is 27.5 Å². The fourth-order valence-electron chi connectivity index (χ4n) is 2.02. The average Bonchev–Trinajstić information content (AvgIpc) is 2.75. The number of carbonyl (C=O) groups excluding carboxylic acids is 1. The quantitative estimate of drug-likeness (QED) is 0.835. The highest BCUT2D eigenvalue weighted by atomic mass is 32.2. The molecule has 20 heavy (non-hydrogen) atoms. The Morgan fingerprint density at radius 2 is 2.05 bits per heavy atom. The molecule has 0 spiro atoms. The number of sulfone groups is 1. The fourth-order valence-corrected chi connectivity index (χ4v) is 4.61. The van der Waals surface area contributed by atoms with Gasteiger partial charge < -0.3 is 5.32 Å². The molecular formula is C13H16FNO3S2. The average molecular weight is 317 g/mol. The van der Waals surface area contributed by atoms with E-state index in [0.29, 0.717) is 13.0 Å². The van der Waals surface area contributed by atoms with Gasteiger partial charge in [0.25, 0.3) is 0 Å². The zero-order valence-corrected chi connectivity index (χ0v) is 12.5. The van der Waals surface area contributed by atoms with Crippen LogP contribution < -0.4 is 5.32 Å². The molecule has 0 unspecified atom stereocenters. The van der Waals surface area contributed by atoms with Crippen LogP contribution >= 0.6 is 11.8 Å². The Morgan fingerprint density at radius 3 is 2.65 bits per heavy atom. The molecule has 0 bridgehead atoms. The summed E-state index contributed by atoms with van der Waals surface area (Å²) in [6.07, 6.45) is 0.619. The van der Waals surface area contributed by atoms with Gasteiger partial charge in [-0.2, -0.15) is 0 Å². The maximum atomic E-state index is 12.7. The van der Waals surface area contributed by atoms with Crippen LogP contribution in [0.5, 0.6) is 0 Å². The van der Waals surface area contributed by atoms with Crippen LogP contribution in [-0.2, 0) is 14.6 Å². The van der Waals surface area contributed by atoms with Gasteiger partial charge in [-0.15, -0.1) is 11.8 Å². The lowest BCUT2D eigenvalue weighted by atomic mass is 10.1. The number of carbonyl (C=O) groups is 1. The fraction of sp³-hybridized carbons (Fsp3) is 0.462. The van der Waals surface area contributed by atoms with Crippen LogP contribution in [0.2, 0.25) is 0 Å². The van der Waals surface area contributed by atoms with Crippen molar-refractivity contribution in [2.24, 2.45) is 5.92 Å². The van der Waals surface area contributed by atoms with Crippen LogP contribution in [0, 0.1) is 11.7 Å². The summed E-state index contributed by atoms with van der Waals surface area (Å²) < 4.78 is 35.3. The Kier molecular flexibility index (Phi) is 5.04. The minimum absolute atomic E-state index is 0.0276. The molecule has 1 aliphatic heterocycles. The lowest BCUT2D eigenvalue weighted by Crippen LogP contribution is -2.31. The zero-order chi connectivity index (χ0) is 14.6. The van der Waals surface area contributed by atoms with E-state index in [0.717, 1.165) is 4.90 Å². The molecular weight excluding hydrogens is 301 g/mol. The second kappa shape index (κ2) is 6.58. The Hall–Kier alpha value is -1.08. The molecule has 1 saturated heterocycles. The highest BCUT2D eigenvalue weighted by Crippen LogP contribution is 2.19. The highest BCUT2D eigenvalue weighted by Gasteiger charge is 2.27. The molecule has 2 rings (SSSR count). The summed E-state index contributed by atoms with van der Waals surface area (Å²) in [5.74, 6) is 0.214. The monoisotopic (exact) mass is 317 g/mol. The van der Waals surface area contributed by atoms with Gasteiger partial charge in [0, 0.05) is 11.4 Å². The van der Waals surface area contributed by atoms with E-state index in [2.05, 4.69) is 5.32 Å². The first-order chi connectivity index (χ1) is 9.44. The number of nitrogens with one attached hydrogen (secondary N) is 1. The van der Waals surface area contributed by atoms with E-state index >= 15 is 0 Å². The Bertz CT molecular complexity index is 572. The van der Waals surface area contributed by atoms with Crippen molar-refractivity contribution < 1.29 is 17.6 Å². The maximum absolute atomic E-state index is 12.7. The standard InChI is InChI=1S/C13H16FNO3S2/c14-11-1-3-12(4-2-11)19-8-13(16)15-7-10-5-6-20(17,18)9-10/h1-4,10H,5-9H2,(H,15,16)/t10-/m0/s1.